The summed E-state index contributed by atoms with van der Waals surface area (Å²) in [4.78, 5) is 14.2. The van der Waals surface area contributed by atoms with E-state index in [1.165, 1.54) is 0 Å². The van der Waals surface area contributed by atoms with Crippen LogP contribution in [0.25, 0.3) is 0 Å². The SMILES string of the molecule is CC(C)N(C)CCNC(=O)C1(C(N)=NO)CCC1. The molecule has 0 heterocycles. The van der Waals surface area contributed by atoms with Gasteiger partial charge in [-0.1, -0.05) is 11.6 Å². The normalized spacial score (nSPS) is 18.8. The van der Waals surface area contributed by atoms with E-state index < -0.39 is 5.41 Å². The first kappa shape index (κ1) is 14.8. The van der Waals surface area contributed by atoms with Crippen LogP contribution >= 0.6 is 0 Å². The lowest BCUT2D eigenvalue weighted by atomic mass is 9.67. The van der Waals surface area contributed by atoms with E-state index in [0.717, 1.165) is 13.0 Å². The Labute approximate surface area is 108 Å². The van der Waals surface area contributed by atoms with Crippen molar-refractivity contribution in [2.75, 3.05) is 20.1 Å². The molecule has 1 rings (SSSR count). The zero-order chi connectivity index (χ0) is 13.8. The zero-order valence-electron chi connectivity index (χ0n) is 11.4. The van der Waals surface area contributed by atoms with Gasteiger partial charge in [0.2, 0.25) is 5.91 Å². The van der Waals surface area contributed by atoms with Gasteiger partial charge in [0.05, 0.1) is 0 Å². The Morgan fingerprint density at radius 1 is 1.56 bits per heavy atom. The summed E-state index contributed by atoms with van der Waals surface area (Å²) in [5.41, 5.74) is 4.85. The molecule has 6 heteroatoms. The van der Waals surface area contributed by atoms with Crippen molar-refractivity contribution in [1.82, 2.24) is 10.2 Å². The molecule has 6 nitrogen and oxygen atoms in total. The number of amides is 1. The van der Waals surface area contributed by atoms with Crippen molar-refractivity contribution in [2.45, 2.75) is 39.2 Å². The van der Waals surface area contributed by atoms with E-state index in [2.05, 4.69) is 29.2 Å². The minimum absolute atomic E-state index is 0.0310. The van der Waals surface area contributed by atoms with E-state index in [-0.39, 0.29) is 11.7 Å². The highest BCUT2D eigenvalue weighted by Crippen LogP contribution is 2.41. The second kappa shape index (κ2) is 6.04. The molecule has 1 aliphatic carbocycles. The Hall–Kier alpha value is -1.30. The van der Waals surface area contributed by atoms with Gasteiger partial charge in [0.15, 0.2) is 5.84 Å². The van der Waals surface area contributed by atoms with Crippen molar-refractivity contribution in [3.05, 3.63) is 0 Å². The lowest BCUT2D eigenvalue weighted by Crippen LogP contribution is -2.54. The first-order chi connectivity index (χ1) is 8.44. The molecule has 0 aliphatic heterocycles. The fraction of sp³-hybridized carbons (Fsp3) is 0.833. The monoisotopic (exact) mass is 256 g/mol. The quantitative estimate of drug-likeness (QED) is 0.277. The number of carbonyl (C=O) groups is 1. The highest BCUT2D eigenvalue weighted by Gasteiger charge is 2.48. The highest BCUT2D eigenvalue weighted by atomic mass is 16.4. The molecule has 0 aromatic carbocycles. The number of amidine groups is 1. The summed E-state index contributed by atoms with van der Waals surface area (Å²) in [6.07, 6.45) is 2.26. The number of hydrogen-bond acceptors (Lipinski definition) is 4. The van der Waals surface area contributed by atoms with Crippen LogP contribution in [-0.2, 0) is 4.79 Å². The van der Waals surface area contributed by atoms with Crippen molar-refractivity contribution < 1.29 is 10.0 Å². The molecular weight excluding hydrogens is 232 g/mol. The van der Waals surface area contributed by atoms with Crippen molar-refractivity contribution in [1.29, 1.82) is 0 Å². The van der Waals surface area contributed by atoms with Crippen molar-refractivity contribution in [2.24, 2.45) is 16.3 Å². The van der Waals surface area contributed by atoms with Crippen molar-refractivity contribution in [3.63, 3.8) is 0 Å². The average Bonchev–Trinajstić information content (AvgIpc) is 2.26. The van der Waals surface area contributed by atoms with E-state index in [1.54, 1.807) is 0 Å². The summed E-state index contributed by atoms with van der Waals surface area (Å²) in [5, 5.41) is 14.6. The minimum Gasteiger partial charge on any atom is -0.409 e. The van der Waals surface area contributed by atoms with E-state index in [9.17, 15) is 4.79 Å². The van der Waals surface area contributed by atoms with Gasteiger partial charge in [0.1, 0.15) is 5.41 Å². The number of nitrogens with one attached hydrogen (secondary N) is 1. The lowest BCUT2D eigenvalue weighted by molar-refractivity contribution is -0.131. The van der Waals surface area contributed by atoms with Gasteiger partial charge in [0.25, 0.3) is 0 Å². The molecule has 0 aromatic rings. The van der Waals surface area contributed by atoms with Gasteiger partial charge in [0, 0.05) is 19.1 Å². The van der Waals surface area contributed by atoms with Crippen LogP contribution in [0.15, 0.2) is 5.16 Å². The van der Waals surface area contributed by atoms with Gasteiger partial charge in [-0.25, -0.2) is 0 Å². The Morgan fingerprint density at radius 2 is 2.17 bits per heavy atom. The number of hydrogen-bond donors (Lipinski definition) is 3. The molecule has 4 N–H and O–H groups in total. The summed E-state index contributed by atoms with van der Waals surface area (Å²) in [6, 6.07) is 0.448. The number of nitrogens with zero attached hydrogens (tertiary/aromatic N) is 2. The fourth-order valence-electron chi connectivity index (χ4n) is 2.00. The van der Waals surface area contributed by atoms with Crippen LogP contribution in [-0.4, -0.2) is 48.0 Å². The van der Waals surface area contributed by atoms with Gasteiger partial charge in [-0.15, -0.1) is 0 Å². The molecule has 18 heavy (non-hydrogen) atoms. The van der Waals surface area contributed by atoms with Crippen LogP contribution in [0.1, 0.15) is 33.1 Å². The van der Waals surface area contributed by atoms with E-state index >= 15 is 0 Å². The maximum Gasteiger partial charge on any atom is 0.233 e. The average molecular weight is 256 g/mol. The summed E-state index contributed by atoms with van der Waals surface area (Å²) < 4.78 is 0. The van der Waals surface area contributed by atoms with Crippen LogP contribution in [0.4, 0.5) is 0 Å². The zero-order valence-corrected chi connectivity index (χ0v) is 11.4. The summed E-state index contributed by atoms with van der Waals surface area (Å²) in [7, 11) is 2.01. The van der Waals surface area contributed by atoms with Crippen LogP contribution in [0.3, 0.4) is 0 Å². The largest absolute Gasteiger partial charge is 0.409 e. The Morgan fingerprint density at radius 3 is 2.56 bits per heavy atom. The molecule has 1 aliphatic rings. The standard InChI is InChI=1S/C12H24N4O2/c1-9(2)16(3)8-7-14-11(17)12(5-4-6-12)10(13)15-18/h9,18H,4-8H2,1-3H3,(H2,13,15)(H,14,17). The first-order valence-corrected chi connectivity index (χ1v) is 6.40. The molecule has 0 radical (unpaired) electrons. The van der Waals surface area contributed by atoms with Gasteiger partial charge < -0.3 is 21.2 Å². The molecule has 1 fully saturated rings. The smallest absolute Gasteiger partial charge is 0.233 e. The number of likely N-dealkylation sites (N-methyl/N-ethyl adjacent to an activating group) is 1. The third-order valence-corrected chi connectivity index (χ3v) is 3.87. The topological polar surface area (TPSA) is 91.0 Å². The van der Waals surface area contributed by atoms with Crippen LogP contribution < -0.4 is 11.1 Å². The van der Waals surface area contributed by atoms with Crippen molar-refractivity contribution in [3.8, 4) is 0 Å². The second-order valence-corrected chi connectivity index (χ2v) is 5.25. The second-order valence-electron chi connectivity index (χ2n) is 5.25. The van der Waals surface area contributed by atoms with Gasteiger partial charge in [-0.2, -0.15) is 0 Å². The van der Waals surface area contributed by atoms with Crippen LogP contribution in [0.5, 0.6) is 0 Å². The molecule has 0 unspecified atom stereocenters. The van der Waals surface area contributed by atoms with Crippen LogP contribution in [0, 0.1) is 5.41 Å². The van der Waals surface area contributed by atoms with E-state index in [1.807, 2.05) is 7.05 Å². The Bertz CT molecular complexity index is 324. The van der Waals surface area contributed by atoms with Gasteiger partial charge >= 0.3 is 0 Å². The molecular formula is C12H24N4O2. The first-order valence-electron chi connectivity index (χ1n) is 6.40. The van der Waals surface area contributed by atoms with Gasteiger partial charge in [-0.3, -0.25) is 4.79 Å². The maximum absolute atomic E-state index is 12.1. The molecule has 0 spiro atoms. The molecule has 104 valence electrons. The van der Waals surface area contributed by atoms with Crippen LogP contribution in [0.2, 0.25) is 0 Å². The number of nitrogens with two attached hydrogens (primary N) is 1. The molecule has 0 atom stereocenters. The van der Waals surface area contributed by atoms with E-state index in [4.69, 9.17) is 10.9 Å². The highest BCUT2D eigenvalue weighted by molar-refractivity contribution is 6.07. The molecule has 1 saturated carbocycles. The summed E-state index contributed by atoms with van der Waals surface area (Å²) in [5.74, 6) is -0.0929. The van der Waals surface area contributed by atoms with E-state index in [0.29, 0.717) is 25.4 Å². The summed E-state index contributed by atoms with van der Waals surface area (Å²) >= 11 is 0. The lowest BCUT2D eigenvalue weighted by Gasteiger charge is -2.38. The molecule has 1 amide bonds. The minimum atomic E-state index is -0.773. The number of rotatable bonds is 6. The Balaban J connectivity index is 2.45. The summed E-state index contributed by atoms with van der Waals surface area (Å²) in [6.45, 7) is 5.57. The predicted octanol–water partition coefficient (Wildman–Crippen LogP) is 0.360. The fourth-order valence-corrected chi connectivity index (χ4v) is 2.00. The molecule has 0 aromatic heterocycles. The predicted molar refractivity (Wildman–Crippen MR) is 70.5 cm³/mol. The third-order valence-electron chi connectivity index (χ3n) is 3.87. The third kappa shape index (κ3) is 2.93. The van der Waals surface area contributed by atoms with Gasteiger partial charge in [-0.05, 0) is 33.7 Å². The number of carbonyl (C=O) groups excluding carboxylic acids is 1. The number of oxime groups is 1. The molecule has 0 saturated heterocycles. The maximum atomic E-state index is 12.1. The van der Waals surface area contributed by atoms with Crippen molar-refractivity contribution >= 4 is 11.7 Å². The Kier molecular flexibility index (Phi) is 4.95. The molecule has 0 bridgehead atoms.